The van der Waals surface area contributed by atoms with Crippen LogP contribution in [0.4, 0.5) is 5.13 Å². The van der Waals surface area contributed by atoms with Crippen LogP contribution in [-0.4, -0.2) is 52.0 Å². The maximum absolute atomic E-state index is 12.5. The first-order valence-corrected chi connectivity index (χ1v) is 8.41. The van der Waals surface area contributed by atoms with E-state index in [2.05, 4.69) is 28.5 Å². The average molecular weight is 310 g/mol. The molecular weight excluding hydrogens is 288 g/mol. The van der Waals surface area contributed by atoms with Gasteiger partial charge in [0, 0.05) is 43.3 Å². The van der Waals surface area contributed by atoms with Crippen LogP contribution in [-0.2, 0) is 9.53 Å². The number of nitrogens with one attached hydrogen (secondary N) is 1. The summed E-state index contributed by atoms with van der Waals surface area (Å²) in [6, 6.07) is 0.194. The predicted octanol–water partition coefficient (Wildman–Crippen LogP) is 1.85. The van der Waals surface area contributed by atoms with Crippen LogP contribution in [0, 0.1) is 0 Å². The van der Waals surface area contributed by atoms with Gasteiger partial charge in [0.25, 0.3) is 0 Å². The molecule has 116 valence electrons. The van der Waals surface area contributed by atoms with Gasteiger partial charge in [-0.2, -0.15) is 4.37 Å². The minimum absolute atomic E-state index is 0.152. The molecule has 1 aromatic heterocycles. The average Bonchev–Trinajstić information content (AvgIpc) is 3.09. The molecule has 2 fully saturated rings. The summed E-state index contributed by atoms with van der Waals surface area (Å²) in [5.41, 5.74) is 0. The zero-order chi connectivity index (χ0) is 14.8. The lowest BCUT2D eigenvalue weighted by atomic mass is 10.1. The van der Waals surface area contributed by atoms with Gasteiger partial charge in [0.1, 0.15) is 11.9 Å². The van der Waals surface area contributed by atoms with Gasteiger partial charge in [0.15, 0.2) is 0 Å². The highest BCUT2D eigenvalue weighted by Gasteiger charge is 2.36. The van der Waals surface area contributed by atoms with Crippen molar-refractivity contribution in [2.75, 3.05) is 25.1 Å². The summed E-state index contributed by atoms with van der Waals surface area (Å²) in [7, 11) is 0. The quantitative estimate of drug-likeness (QED) is 0.919. The summed E-state index contributed by atoms with van der Waals surface area (Å²) in [6.07, 6.45) is 2.75. The minimum Gasteiger partial charge on any atom is -0.381 e. The van der Waals surface area contributed by atoms with E-state index in [1.807, 2.05) is 4.90 Å². The van der Waals surface area contributed by atoms with E-state index in [9.17, 15) is 4.79 Å². The van der Waals surface area contributed by atoms with Crippen molar-refractivity contribution >= 4 is 22.6 Å². The predicted molar refractivity (Wildman–Crippen MR) is 81.6 cm³/mol. The molecular formula is C14H22N4O2S. The van der Waals surface area contributed by atoms with E-state index >= 15 is 0 Å². The van der Waals surface area contributed by atoms with Gasteiger partial charge >= 0.3 is 0 Å². The Morgan fingerprint density at radius 1 is 1.33 bits per heavy atom. The van der Waals surface area contributed by atoms with Crippen molar-refractivity contribution in [2.45, 2.75) is 51.1 Å². The van der Waals surface area contributed by atoms with E-state index < -0.39 is 0 Å². The van der Waals surface area contributed by atoms with Crippen molar-refractivity contribution in [1.29, 1.82) is 0 Å². The highest BCUT2D eigenvalue weighted by atomic mass is 32.1. The van der Waals surface area contributed by atoms with Gasteiger partial charge in [0.2, 0.25) is 11.0 Å². The molecule has 2 aliphatic rings. The molecule has 6 nitrogen and oxygen atoms in total. The van der Waals surface area contributed by atoms with Crippen molar-refractivity contribution < 1.29 is 9.53 Å². The first kappa shape index (κ1) is 14.7. The highest BCUT2D eigenvalue weighted by molar-refractivity contribution is 7.09. The van der Waals surface area contributed by atoms with Crippen molar-refractivity contribution in [2.24, 2.45) is 0 Å². The van der Waals surface area contributed by atoms with E-state index in [1.165, 1.54) is 11.5 Å². The summed E-state index contributed by atoms with van der Waals surface area (Å²) in [4.78, 5) is 19.0. The second kappa shape index (κ2) is 6.27. The molecule has 1 aromatic rings. The summed E-state index contributed by atoms with van der Waals surface area (Å²) >= 11 is 1.34. The van der Waals surface area contributed by atoms with Crippen LogP contribution >= 0.6 is 11.5 Å². The summed E-state index contributed by atoms with van der Waals surface area (Å²) in [5, 5.41) is 4.01. The summed E-state index contributed by atoms with van der Waals surface area (Å²) in [5.74, 6) is 1.35. The number of carbonyl (C=O) groups is 1. The lowest BCUT2D eigenvalue weighted by Crippen LogP contribution is -2.43. The highest BCUT2D eigenvalue weighted by Crippen LogP contribution is 2.25. The molecule has 3 heterocycles. The fraction of sp³-hybridized carbons (Fsp3) is 0.786. The Kier molecular flexibility index (Phi) is 4.40. The van der Waals surface area contributed by atoms with E-state index in [1.54, 1.807) is 0 Å². The second-order valence-corrected chi connectivity index (χ2v) is 6.73. The number of likely N-dealkylation sites (tertiary alicyclic amines) is 1. The van der Waals surface area contributed by atoms with Gasteiger partial charge in [0.05, 0.1) is 0 Å². The topological polar surface area (TPSA) is 67.3 Å². The number of hydrogen-bond donors (Lipinski definition) is 1. The zero-order valence-electron chi connectivity index (χ0n) is 12.5. The molecule has 0 aromatic carbocycles. The fourth-order valence-corrected chi connectivity index (χ4v) is 3.63. The Morgan fingerprint density at radius 2 is 2.10 bits per heavy atom. The van der Waals surface area contributed by atoms with Crippen molar-refractivity contribution in [3.63, 3.8) is 0 Å². The first-order valence-electron chi connectivity index (χ1n) is 7.63. The van der Waals surface area contributed by atoms with Gasteiger partial charge in [-0.15, -0.1) is 0 Å². The van der Waals surface area contributed by atoms with Crippen molar-refractivity contribution in [3.05, 3.63) is 5.82 Å². The molecule has 0 bridgehead atoms. The number of amides is 1. The Morgan fingerprint density at radius 3 is 2.76 bits per heavy atom. The molecule has 21 heavy (non-hydrogen) atoms. The van der Waals surface area contributed by atoms with E-state index in [0.29, 0.717) is 12.0 Å². The van der Waals surface area contributed by atoms with Crippen LogP contribution in [0.5, 0.6) is 0 Å². The Bertz CT molecular complexity index is 499. The first-order chi connectivity index (χ1) is 10.1. The number of nitrogens with zero attached hydrogens (tertiary/aromatic N) is 3. The van der Waals surface area contributed by atoms with E-state index in [-0.39, 0.29) is 11.9 Å². The fourth-order valence-electron chi connectivity index (χ4n) is 2.87. The third kappa shape index (κ3) is 3.18. The normalized spacial score (nSPS) is 24.0. The van der Waals surface area contributed by atoms with Crippen molar-refractivity contribution in [1.82, 2.24) is 14.3 Å². The minimum atomic E-state index is -0.152. The van der Waals surface area contributed by atoms with Crippen LogP contribution in [0.25, 0.3) is 0 Å². The smallest absolute Gasteiger partial charge is 0.245 e. The molecule has 0 saturated carbocycles. The van der Waals surface area contributed by atoms with Crippen molar-refractivity contribution in [3.8, 4) is 0 Å². The lowest BCUT2D eigenvalue weighted by Gasteiger charge is -2.31. The van der Waals surface area contributed by atoms with E-state index in [4.69, 9.17) is 4.74 Å². The van der Waals surface area contributed by atoms with Gasteiger partial charge in [-0.1, -0.05) is 13.8 Å². The SMILES string of the molecule is CC(C)c1nsc(NC2CCN(C3CCOCC3)C2=O)n1. The van der Waals surface area contributed by atoms with Crippen LogP contribution in [0.15, 0.2) is 0 Å². The largest absolute Gasteiger partial charge is 0.381 e. The lowest BCUT2D eigenvalue weighted by molar-refractivity contribution is -0.131. The number of ether oxygens (including phenoxy) is 1. The molecule has 2 saturated heterocycles. The van der Waals surface area contributed by atoms with Gasteiger partial charge in [-0.3, -0.25) is 4.79 Å². The number of carbonyl (C=O) groups excluding carboxylic acids is 1. The van der Waals surface area contributed by atoms with Crippen LogP contribution in [0.2, 0.25) is 0 Å². The summed E-state index contributed by atoms with van der Waals surface area (Å²) in [6.45, 7) is 6.50. The molecule has 0 radical (unpaired) electrons. The molecule has 1 amide bonds. The maximum atomic E-state index is 12.5. The molecule has 7 heteroatoms. The third-order valence-corrected chi connectivity index (χ3v) is 4.79. The number of aromatic nitrogens is 2. The Balaban J connectivity index is 1.60. The molecule has 2 aliphatic heterocycles. The molecule has 3 rings (SSSR count). The third-order valence-electron chi connectivity index (χ3n) is 4.13. The van der Waals surface area contributed by atoms with Gasteiger partial charge in [-0.25, -0.2) is 4.98 Å². The molecule has 1 unspecified atom stereocenters. The van der Waals surface area contributed by atoms with Crippen LogP contribution < -0.4 is 5.32 Å². The second-order valence-electron chi connectivity index (χ2n) is 5.97. The molecule has 1 N–H and O–H groups in total. The van der Waals surface area contributed by atoms with Crippen LogP contribution in [0.3, 0.4) is 0 Å². The number of anilines is 1. The Hall–Kier alpha value is -1.21. The van der Waals surface area contributed by atoms with E-state index in [0.717, 1.165) is 50.0 Å². The molecule has 0 aliphatic carbocycles. The van der Waals surface area contributed by atoms with Gasteiger partial charge in [-0.05, 0) is 19.3 Å². The maximum Gasteiger partial charge on any atom is 0.245 e. The Labute approximate surface area is 129 Å². The van der Waals surface area contributed by atoms with Crippen LogP contribution in [0.1, 0.15) is 44.9 Å². The zero-order valence-corrected chi connectivity index (χ0v) is 13.4. The molecule has 0 spiro atoms. The molecule has 1 atom stereocenters. The van der Waals surface area contributed by atoms with Gasteiger partial charge < -0.3 is 15.0 Å². The standard InChI is InChI=1S/C14H22N4O2S/c1-9(2)12-16-14(21-17-12)15-11-3-6-18(13(11)19)10-4-7-20-8-5-10/h9-11H,3-8H2,1-2H3,(H,15,16,17). The number of rotatable bonds is 4. The number of hydrogen-bond acceptors (Lipinski definition) is 6. The summed E-state index contributed by atoms with van der Waals surface area (Å²) < 4.78 is 9.69. The monoisotopic (exact) mass is 310 g/mol.